The van der Waals surface area contributed by atoms with Gasteiger partial charge in [-0.25, -0.2) is 0 Å². The van der Waals surface area contributed by atoms with Gasteiger partial charge in [-0.2, -0.15) is 0 Å². The van der Waals surface area contributed by atoms with Gasteiger partial charge in [0.15, 0.2) is 0 Å². The van der Waals surface area contributed by atoms with Gasteiger partial charge in [-0.15, -0.1) is 0 Å². The molecule has 1 heteroatoms. The Kier molecular flexibility index (Phi) is 8.35. The summed E-state index contributed by atoms with van der Waals surface area (Å²) in [6.07, 6.45) is 12.2. The Bertz CT molecular complexity index is 470. The SMILES string of the molecule is C=Cc1c(/C=C\C)c(/C=C\C)n(CC)c1C=C.CC. The van der Waals surface area contributed by atoms with Crippen molar-refractivity contribution in [3.05, 3.63) is 47.8 Å². The maximum absolute atomic E-state index is 3.91. The first kappa shape index (κ1) is 17.2. The molecule has 0 amide bonds. The predicted octanol–water partition coefficient (Wildman–Crippen LogP) is 5.89. The molecule has 1 nitrogen and oxygen atoms in total. The van der Waals surface area contributed by atoms with Crippen LogP contribution in [0.1, 0.15) is 57.1 Å². The maximum Gasteiger partial charge on any atom is 0.0487 e. The molecule has 1 aromatic heterocycles. The van der Waals surface area contributed by atoms with Crippen molar-refractivity contribution in [2.24, 2.45) is 0 Å². The molecule has 0 aromatic carbocycles. The van der Waals surface area contributed by atoms with Crippen LogP contribution in [0.25, 0.3) is 24.3 Å². The van der Waals surface area contributed by atoms with Crippen LogP contribution >= 0.6 is 0 Å². The lowest BCUT2D eigenvalue weighted by Gasteiger charge is -2.06. The second-order valence-corrected chi connectivity index (χ2v) is 3.75. The zero-order valence-electron chi connectivity index (χ0n) is 13.0. The summed E-state index contributed by atoms with van der Waals surface area (Å²) in [4.78, 5) is 0. The van der Waals surface area contributed by atoms with Gasteiger partial charge in [0.05, 0.1) is 0 Å². The molecule has 0 aliphatic heterocycles. The lowest BCUT2D eigenvalue weighted by Crippen LogP contribution is -1.99. The molecule has 0 unspecified atom stereocenters. The van der Waals surface area contributed by atoms with Crippen molar-refractivity contribution in [3.8, 4) is 0 Å². The standard InChI is InChI=1S/C16H21N.C2H6/c1-6-11-14-13(8-3)15(9-4)17(10-5)16(14)12-7-2;1-2/h6-9,11-12H,3-4,10H2,1-2,5H3;1-2H3/b11-6-,12-7-;. The number of rotatable bonds is 5. The predicted molar refractivity (Wildman–Crippen MR) is 91.1 cm³/mol. The van der Waals surface area contributed by atoms with Crippen LogP contribution in [0.2, 0.25) is 0 Å². The van der Waals surface area contributed by atoms with Crippen molar-refractivity contribution in [2.75, 3.05) is 0 Å². The number of aromatic nitrogens is 1. The highest BCUT2D eigenvalue weighted by Crippen LogP contribution is 2.28. The van der Waals surface area contributed by atoms with Crippen LogP contribution in [0.3, 0.4) is 0 Å². The van der Waals surface area contributed by atoms with Gasteiger partial charge in [0, 0.05) is 29.1 Å². The quantitative estimate of drug-likeness (QED) is 0.620. The Labute approximate surface area is 118 Å². The monoisotopic (exact) mass is 257 g/mol. The smallest absolute Gasteiger partial charge is 0.0487 e. The first-order valence-electron chi connectivity index (χ1n) is 7.01. The van der Waals surface area contributed by atoms with Crippen LogP contribution < -0.4 is 0 Å². The van der Waals surface area contributed by atoms with E-state index in [1.165, 1.54) is 11.3 Å². The summed E-state index contributed by atoms with van der Waals surface area (Å²) >= 11 is 0. The van der Waals surface area contributed by atoms with Crippen molar-refractivity contribution >= 4 is 24.3 Å². The zero-order chi connectivity index (χ0) is 14.8. The summed E-state index contributed by atoms with van der Waals surface area (Å²) in [5.74, 6) is 0. The molecule has 0 saturated heterocycles. The molecule has 104 valence electrons. The van der Waals surface area contributed by atoms with E-state index < -0.39 is 0 Å². The molecular formula is C18H27N. The summed E-state index contributed by atoms with van der Waals surface area (Å²) in [7, 11) is 0. The highest BCUT2D eigenvalue weighted by atomic mass is 15.0. The van der Waals surface area contributed by atoms with Crippen molar-refractivity contribution < 1.29 is 0 Å². The minimum absolute atomic E-state index is 0.930. The minimum atomic E-state index is 0.930. The van der Waals surface area contributed by atoms with E-state index in [4.69, 9.17) is 0 Å². The fourth-order valence-electron chi connectivity index (χ4n) is 2.15. The van der Waals surface area contributed by atoms with E-state index in [0.29, 0.717) is 0 Å². The fourth-order valence-corrected chi connectivity index (χ4v) is 2.15. The molecule has 0 atom stereocenters. The topological polar surface area (TPSA) is 4.93 Å². The lowest BCUT2D eigenvalue weighted by atomic mass is 10.1. The van der Waals surface area contributed by atoms with E-state index in [9.17, 15) is 0 Å². The van der Waals surface area contributed by atoms with E-state index in [2.05, 4.69) is 49.0 Å². The summed E-state index contributed by atoms with van der Waals surface area (Å²) in [6, 6.07) is 0. The second-order valence-electron chi connectivity index (χ2n) is 3.75. The molecule has 0 spiro atoms. The minimum Gasteiger partial charge on any atom is -0.341 e. The largest absolute Gasteiger partial charge is 0.341 e. The average Bonchev–Trinajstić information content (AvgIpc) is 2.74. The highest BCUT2D eigenvalue weighted by Gasteiger charge is 2.14. The van der Waals surface area contributed by atoms with E-state index >= 15 is 0 Å². The van der Waals surface area contributed by atoms with Gasteiger partial charge < -0.3 is 4.57 Å². The summed E-state index contributed by atoms with van der Waals surface area (Å²) < 4.78 is 2.26. The van der Waals surface area contributed by atoms with Crippen LogP contribution in [0.4, 0.5) is 0 Å². The number of nitrogens with zero attached hydrogens (tertiary/aromatic N) is 1. The van der Waals surface area contributed by atoms with Crippen molar-refractivity contribution in [2.45, 2.75) is 41.2 Å². The summed E-state index contributed by atoms with van der Waals surface area (Å²) in [6.45, 7) is 19.0. The van der Waals surface area contributed by atoms with Gasteiger partial charge >= 0.3 is 0 Å². The van der Waals surface area contributed by atoms with Gasteiger partial charge in [-0.1, -0.05) is 51.3 Å². The zero-order valence-corrected chi connectivity index (χ0v) is 13.0. The molecule has 1 rings (SSSR count). The van der Waals surface area contributed by atoms with Gasteiger partial charge in [-0.3, -0.25) is 0 Å². The third-order valence-corrected chi connectivity index (χ3v) is 2.80. The van der Waals surface area contributed by atoms with Crippen LogP contribution in [0, 0.1) is 0 Å². The van der Waals surface area contributed by atoms with Crippen LogP contribution in [-0.4, -0.2) is 4.57 Å². The molecule has 0 aliphatic carbocycles. The molecule has 1 aromatic rings. The lowest BCUT2D eigenvalue weighted by molar-refractivity contribution is 0.753. The number of hydrogen-bond acceptors (Lipinski definition) is 0. The molecule has 0 saturated carbocycles. The molecule has 1 heterocycles. The van der Waals surface area contributed by atoms with Gasteiger partial charge in [0.25, 0.3) is 0 Å². The Morgan fingerprint density at radius 1 is 0.895 bits per heavy atom. The van der Waals surface area contributed by atoms with E-state index in [1.807, 2.05) is 39.8 Å². The number of allylic oxidation sites excluding steroid dienone is 2. The second kappa shape index (κ2) is 9.21. The van der Waals surface area contributed by atoms with Crippen molar-refractivity contribution in [3.63, 3.8) is 0 Å². The fraction of sp³-hybridized carbons (Fsp3) is 0.333. The molecular weight excluding hydrogens is 230 g/mol. The van der Waals surface area contributed by atoms with Crippen molar-refractivity contribution in [1.29, 1.82) is 0 Å². The van der Waals surface area contributed by atoms with Gasteiger partial charge in [-0.05, 0) is 32.9 Å². The van der Waals surface area contributed by atoms with Gasteiger partial charge in [0.1, 0.15) is 0 Å². The Morgan fingerprint density at radius 3 is 1.84 bits per heavy atom. The van der Waals surface area contributed by atoms with Gasteiger partial charge in [0.2, 0.25) is 0 Å². The summed E-state index contributed by atoms with van der Waals surface area (Å²) in [5.41, 5.74) is 4.74. The maximum atomic E-state index is 3.91. The molecule has 0 bridgehead atoms. The van der Waals surface area contributed by atoms with E-state index in [-0.39, 0.29) is 0 Å². The third kappa shape index (κ3) is 3.60. The molecule has 19 heavy (non-hydrogen) atoms. The Balaban J connectivity index is 0.00000154. The first-order valence-corrected chi connectivity index (χ1v) is 7.01. The van der Waals surface area contributed by atoms with E-state index in [0.717, 1.165) is 17.8 Å². The molecule has 0 radical (unpaired) electrons. The molecule has 0 fully saturated rings. The third-order valence-electron chi connectivity index (χ3n) is 2.80. The Hall–Kier alpha value is -1.76. The number of hydrogen-bond donors (Lipinski definition) is 0. The van der Waals surface area contributed by atoms with Crippen LogP contribution in [-0.2, 0) is 6.54 Å². The average molecular weight is 257 g/mol. The summed E-state index contributed by atoms with van der Waals surface area (Å²) in [5, 5.41) is 0. The van der Waals surface area contributed by atoms with Crippen LogP contribution in [0.15, 0.2) is 25.3 Å². The molecule has 0 aliphatic rings. The van der Waals surface area contributed by atoms with Crippen LogP contribution in [0.5, 0.6) is 0 Å². The van der Waals surface area contributed by atoms with Crippen molar-refractivity contribution in [1.82, 2.24) is 4.57 Å². The highest BCUT2D eigenvalue weighted by molar-refractivity contribution is 5.78. The van der Waals surface area contributed by atoms with E-state index in [1.54, 1.807) is 0 Å². The normalized spacial score (nSPS) is 10.6. The molecule has 0 N–H and O–H groups in total. The first-order chi connectivity index (χ1) is 9.24. The Morgan fingerprint density at radius 2 is 1.47 bits per heavy atom.